The highest BCUT2D eigenvalue weighted by atomic mass is 16.5. The third-order valence-corrected chi connectivity index (χ3v) is 5.43. The number of quaternary nitrogens is 2. The molecule has 0 saturated carbocycles. The van der Waals surface area contributed by atoms with Crippen molar-refractivity contribution >= 4 is 5.97 Å². The fraction of sp³-hybridized carbons (Fsp3) is 0.933. The van der Waals surface area contributed by atoms with E-state index in [-0.39, 0.29) is 12.1 Å². The van der Waals surface area contributed by atoms with Crippen LogP contribution in [0.15, 0.2) is 0 Å². The predicted octanol–water partition coefficient (Wildman–Crippen LogP) is -1.96. The first kappa shape index (κ1) is 14.3. The summed E-state index contributed by atoms with van der Waals surface area (Å²) in [6.07, 6.45) is 5.49. The first-order valence-electron chi connectivity index (χ1n) is 8.16. The van der Waals surface area contributed by atoms with Gasteiger partial charge < -0.3 is 19.3 Å². The van der Waals surface area contributed by atoms with Crippen molar-refractivity contribution in [2.24, 2.45) is 0 Å². The van der Waals surface area contributed by atoms with Gasteiger partial charge in [0.2, 0.25) is 0 Å². The highest BCUT2D eigenvalue weighted by molar-refractivity contribution is 5.69. The van der Waals surface area contributed by atoms with Crippen molar-refractivity contribution in [3.8, 4) is 0 Å². The summed E-state index contributed by atoms with van der Waals surface area (Å²) in [4.78, 5) is 15.1. The third-order valence-electron chi connectivity index (χ3n) is 5.43. The van der Waals surface area contributed by atoms with Gasteiger partial charge in [-0.3, -0.25) is 4.79 Å². The Morgan fingerprint density at radius 3 is 2.50 bits per heavy atom. The normalized spacial score (nSPS) is 37.9. The molecule has 2 atom stereocenters. The highest BCUT2D eigenvalue weighted by Gasteiger charge is 2.43. The molecule has 0 radical (unpaired) electrons. The summed E-state index contributed by atoms with van der Waals surface area (Å²) in [6, 6.07) is 1.44. The van der Waals surface area contributed by atoms with Gasteiger partial charge in [0, 0.05) is 25.7 Å². The molecule has 114 valence electrons. The molecule has 0 aromatic rings. The van der Waals surface area contributed by atoms with E-state index in [2.05, 4.69) is 7.05 Å². The van der Waals surface area contributed by atoms with Gasteiger partial charge in [-0.2, -0.15) is 0 Å². The zero-order valence-corrected chi connectivity index (χ0v) is 12.5. The fourth-order valence-corrected chi connectivity index (χ4v) is 4.06. The van der Waals surface area contributed by atoms with Gasteiger partial charge in [-0.25, -0.2) is 0 Å². The molecule has 5 nitrogen and oxygen atoms in total. The van der Waals surface area contributed by atoms with Gasteiger partial charge >= 0.3 is 5.97 Å². The van der Waals surface area contributed by atoms with Gasteiger partial charge in [0.05, 0.1) is 45.3 Å². The zero-order valence-electron chi connectivity index (χ0n) is 12.5. The number of esters is 1. The first-order valence-corrected chi connectivity index (χ1v) is 8.16. The largest absolute Gasteiger partial charge is 0.462 e. The van der Waals surface area contributed by atoms with Crippen LogP contribution in [0.3, 0.4) is 0 Å². The van der Waals surface area contributed by atoms with Crippen LogP contribution < -0.4 is 9.80 Å². The van der Waals surface area contributed by atoms with Crippen LogP contribution >= 0.6 is 0 Å². The Balaban J connectivity index is 1.38. The van der Waals surface area contributed by atoms with E-state index in [4.69, 9.17) is 9.47 Å². The first-order chi connectivity index (χ1) is 9.72. The minimum absolute atomic E-state index is 0.00736. The molecular weight excluding hydrogens is 256 g/mol. The number of carbonyl (C=O) groups is 1. The average Bonchev–Trinajstić information content (AvgIpc) is 2.68. The number of hydrogen-bond acceptors (Lipinski definition) is 3. The SMILES string of the molecule is C[NH+]1[C@@H]2CC[C@@H]1CC(OC(=O)CC[NH+]1CCOCC1)C2. The van der Waals surface area contributed by atoms with Crippen LogP contribution in [0.25, 0.3) is 0 Å². The van der Waals surface area contributed by atoms with Crippen LogP contribution in [-0.2, 0) is 14.3 Å². The zero-order chi connectivity index (χ0) is 13.9. The van der Waals surface area contributed by atoms with Crippen molar-refractivity contribution < 1.29 is 24.1 Å². The Bertz CT molecular complexity index is 330. The number of rotatable bonds is 4. The van der Waals surface area contributed by atoms with Gasteiger partial charge in [-0.05, 0) is 0 Å². The lowest BCUT2D eigenvalue weighted by Gasteiger charge is -2.33. The van der Waals surface area contributed by atoms with Crippen molar-refractivity contribution in [1.82, 2.24) is 0 Å². The number of hydrogen-bond donors (Lipinski definition) is 2. The van der Waals surface area contributed by atoms with Gasteiger partial charge in [0.15, 0.2) is 0 Å². The molecule has 0 aromatic heterocycles. The molecule has 3 aliphatic heterocycles. The molecule has 0 amide bonds. The molecule has 5 heteroatoms. The van der Waals surface area contributed by atoms with E-state index in [1.807, 2.05) is 0 Å². The van der Waals surface area contributed by atoms with Crippen molar-refractivity contribution in [2.45, 2.75) is 50.3 Å². The summed E-state index contributed by atoms with van der Waals surface area (Å²) in [7, 11) is 2.29. The molecule has 0 aliphatic carbocycles. The Morgan fingerprint density at radius 2 is 1.85 bits per heavy atom. The Labute approximate surface area is 121 Å². The van der Waals surface area contributed by atoms with Crippen molar-refractivity contribution in [3.05, 3.63) is 0 Å². The maximum Gasteiger partial charge on any atom is 0.311 e. The lowest BCUT2D eigenvalue weighted by Crippen LogP contribution is -3.15. The van der Waals surface area contributed by atoms with E-state index in [0.717, 1.165) is 57.8 Å². The molecule has 3 rings (SSSR count). The van der Waals surface area contributed by atoms with E-state index in [1.165, 1.54) is 17.7 Å². The summed E-state index contributed by atoms with van der Waals surface area (Å²) < 4.78 is 11.0. The smallest absolute Gasteiger partial charge is 0.311 e. The monoisotopic (exact) mass is 284 g/mol. The quantitative estimate of drug-likeness (QED) is 0.590. The standard InChI is InChI=1S/C15H26N2O3/c1-16-12-2-3-13(16)11-14(10-12)20-15(18)4-5-17-6-8-19-9-7-17/h12-14H,2-11H2,1H3/p+2/t12-,13-/m1/s1. The summed E-state index contributed by atoms with van der Waals surface area (Å²) in [5, 5.41) is 0. The number of nitrogens with one attached hydrogen (secondary N) is 2. The van der Waals surface area contributed by atoms with Crippen LogP contribution in [0.2, 0.25) is 0 Å². The van der Waals surface area contributed by atoms with Gasteiger partial charge in [-0.1, -0.05) is 0 Å². The topological polar surface area (TPSA) is 44.4 Å². The molecule has 2 N–H and O–H groups in total. The Hall–Kier alpha value is -0.650. The van der Waals surface area contributed by atoms with E-state index >= 15 is 0 Å². The maximum absolute atomic E-state index is 12.0. The predicted molar refractivity (Wildman–Crippen MR) is 73.8 cm³/mol. The van der Waals surface area contributed by atoms with E-state index in [9.17, 15) is 4.79 Å². The summed E-state index contributed by atoms with van der Waals surface area (Å²) in [5.41, 5.74) is 0. The highest BCUT2D eigenvalue weighted by Crippen LogP contribution is 2.24. The van der Waals surface area contributed by atoms with Crippen LogP contribution in [0, 0.1) is 0 Å². The molecule has 3 fully saturated rings. The van der Waals surface area contributed by atoms with E-state index < -0.39 is 0 Å². The minimum Gasteiger partial charge on any atom is -0.462 e. The van der Waals surface area contributed by atoms with Gasteiger partial charge in [-0.15, -0.1) is 0 Å². The Morgan fingerprint density at radius 1 is 1.20 bits per heavy atom. The van der Waals surface area contributed by atoms with Crippen molar-refractivity contribution in [3.63, 3.8) is 0 Å². The lowest BCUT2D eigenvalue weighted by atomic mass is 10.0. The second kappa shape index (κ2) is 6.41. The molecule has 0 aromatic carbocycles. The minimum atomic E-state index is 0.00736. The Kier molecular flexibility index (Phi) is 4.58. The van der Waals surface area contributed by atoms with Gasteiger partial charge in [0.1, 0.15) is 19.2 Å². The molecule has 3 heterocycles. The van der Waals surface area contributed by atoms with Crippen molar-refractivity contribution in [1.29, 1.82) is 0 Å². The second-order valence-corrected chi connectivity index (χ2v) is 6.66. The van der Waals surface area contributed by atoms with Crippen molar-refractivity contribution in [2.75, 3.05) is 39.9 Å². The molecule has 0 unspecified atom stereocenters. The summed E-state index contributed by atoms with van der Waals surface area (Å²) >= 11 is 0. The number of ether oxygens (including phenoxy) is 2. The third kappa shape index (κ3) is 3.32. The number of piperidine rings is 1. The molecule has 3 saturated heterocycles. The number of morpholine rings is 1. The summed E-state index contributed by atoms with van der Waals surface area (Å²) in [5.74, 6) is 0.00736. The molecule has 3 aliphatic rings. The number of carbonyl (C=O) groups excluding carboxylic acids is 1. The van der Waals surface area contributed by atoms with Crippen LogP contribution in [0.1, 0.15) is 32.1 Å². The molecular formula is C15H28N2O3+2. The van der Waals surface area contributed by atoms with E-state index in [1.54, 1.807) is 4.90 Å². The average molecular weight is 284 g/mol. The van der Waals surface area contributed by atoms with E-state index in [0.29, 0.717) is 6.42 Å². The van der Waals surface area contributed by atoms with Crippen LogP contribution in [-0.4, -0.2) is 64.1 Å². The maximum atomic E-state index is 12.0. The summed E-state index contributed by atoms with van der Waals surface area (Å²) in [6.45, 7) is 4.59. The van der Waals surface area contributed by atoms with Gasteiger partial charge in [0.25, 0.3) is 0 Å². The van der Waals surface area contributed by atoms with Crippen LogP contribution in [0.4, 0.5) is 0 Å². The molecule has 20 heavy (non-hydrogen) atoms. The molecule has 0 spiro atoms. The van der Waals surface area contributed by atoms with Crippen LogP contribution in [0.5, 0.6) is 0 Å². The molecule has 2 bridgehead atoms. The fourth-order valence-electron chi connectivity index (χ4n) is 4.06. The lowest BCUT2D eigenvalue weighted by molar-refractivity contribution is -0.923. The second-order valence-electron chi connectivity index (χ2n) is 6.66. The number of fused-ring (bicyclic) bond motifs is 2.